The van der Waals surface area contributed by atoms with Gasteiger partial charge in [0, 0.05) is 16.5 Å². The lowest BCUT2D eigenvalue weighted by atomic mass is 10.2. The van der Waals surface area contributed by atoms with Crippen molar-refractivity contribution in [2.24, 2.45) is 0 Å². The van der Waals surface area contributed by atoms with Crippen molar-refractivity contribution in [3.8, 4) is 34.4 Å². The summed E-state index contributed by atoms with van der Waals surface area (Å²) in [6, 6.07) is 43.5. The van der Waals surface area contributed by atoms with Crippen LogP contribution in [-0.4, -0.2) is 33.5 Å². The molecule has 9 rings (SSSR count). The topological polar surface area (TPSA) is 100.0 Å². The highest BCUT2D eigenvalue weighted by Crippen LogP contribution is 2.33. The zero-order chi connectivity index (χ0) is 31.5. The van der Waals surface area contributed by atoms with Gasteiger partial charge in [0.15, 0.2) is 17.3 Å². The highest BCUT2D eigenvalue weighted by Gasteiger charge is 2.26. The van der Waals surface area contributed by atoms with Gasteiger partial charge in [-0.25, -0.2) is 9.97 Å². The van der Waals surface area contributed by atoms with Crippen molar-refractivity contribution in [2.45, 2.75) is 0 Å². The van der Waals surface area contributed by atoms with Gasteiger partial charge in [0.2, 0.25) is 11.6 Å². The van der Waals surface area contributed by atoms with E-state index < -0.39 is 5.56 Å². The first-order chi connectivity index (χ1) is 23.2. The third kappa shape index (κ3) is 4.10. The third-order valence-electron chi connectivity index (χ3n) is 8.33. The highest BCUT2D eigenvalue weighted by molar-refractivity contribution is 6.07. The number of hydrogen-bond acceptors (Lipinski definition) is 6. The van der Waals surface area contributed by atoms with Gasteiger partial charge in [0.25, 0.3) is 5.56 Å². The van der Waals surface area contributed by atoms with Gasteiger partial charge in [-0.15, -0.1) is 0 Å². The smallest absolute Gasteiger partial charge is 0.268 e. The number of rotatable bonds is 4. The summed E-state index contributed by atoms with van der Waals surface area (Å²) < 4.78 is 4.89. The van der Waals surface area contributed by atoms with Crippen molar-refractivity contribution in [3.05, 3.63) is 160 Å². The van der Waals surface area contributed by atoms with Crippen molar-refractivity contribution >= 4 is 38.6 Å². The SMILES string of the molecule is O=c1c2nc3ccccc3c(=O)n2c2c3ccccc3n(-c3nc(-c4ccccc4)nc(-c4ccccc4)n3)c2n1-c1ccccc1. The maximum Gasteiger partial charge on any atom is 0.300 e. The Hall–Kier alpha value is -6.74. The van der Waals surface area contributed by atoms with E-state index in [1.54, 1.807) is 28.8 Å². The van der Waals surface area contributed by atoms with Crippen LogP contribution in [0.4, 0.5) is 0 Å². The monoisotopic (exact) mass is 609 g/mol. The van der Waals surface area contributed by atoms with E-state index in [1.807, 2.05) is 120 Å². The molecule has 0 radical (unpaired) electrons. The zero-order valence-corrected chi connectivity index (χ0v) is 24.7. The second-order valence-electron chi connectivity index (χ2n) is 11.1. The van der Waals surface area contributed by atoms with Crippen LogP contribution in [0.5, 0.6) is 0 Å². The number of para-hydroxylation sites is 3. The zero-order valence-electron chi connectivity index (χ0n) is 24.7. The van der Waals surface area contributed by atoms with Gasteiger partial charge in [-0.3, -0.25) is 23.1 Å². The standard InChI is InChI=1S/C38H23N7O2/c46-36-27-20-10-12-22-29(27)39-34-37(47)43(26-18-8-3-9-19-26)35-31(45(34)36)28-21-11-13-23-30(28)44(35)38-41-32(24-14-4-1-5-15-24)40-33(42-38)25-16-6-2-7-17-25/h1-23H. The van der Waals surface area contributed by atoms with Crippen LogP contribution in [-0.2, 0) is 0 Å². The van der Waals surface area contributed by atoms with Crippen LogP contribution in [0.15, 0.2) is 149 Å². The molecule has 0 spiro atoms. The summed E-state index contributed by atoms with van der Waals surface area (Å²) in [7, 11) is 0. The van der Waals surface area contributed by atoms with Crippen molar-refractivity contribution in [2.75, 3.05) is 0 Å². The van der Waals surface area contributed by atoms with Crippen molar-refractivity contribution < 1.29 is 0 Å². The molecule has 0 atom stereocenters. The molecule has 47 heavy (non-hydrogen) atoms. The molecule has 0 aliphatic carbocycles. The van der Waals surface area contributed by atoms with Crippen LogP contribution in [0.3, 0.4) is 0 Å². The van der Waals surface area contributed by atoms with Gasteiger partial charge in [-0.05, 0) is 30.3 Å². The fraction of sp³-hybridized carbons (Fsp3) is 0. The predicted octanol–water partition coefficient (Wildman–Crippen LogP) is 6.61. The lowest BCUT2D eigenvalue weighted by Crippen LogP contribution is -2.29. The lowest BCUT2D eigenvalue weighted by molar-refractivity contribution is 0.901. The fourth-order valence-electron chi connectivity index (χ4n) is 6.23. The van der Waals surface area contributed by atoms with E-state index in [-0.39, 0.29) is 11.2 Å². The molecule has 4 aromatic heterocycles. The maximum absolute atomic E-state index is 14.7. The number of nitrogens with zero attached hydrogens (tertiary/aromatic N) is 7. The van der Waals surface area contributed by atoms with E-state index in [4.69, 9.17) is 19.9 Å². The van der Waals surface area contributed by atoms with E-state index in [9.17, 15) is 9.59 Å². The molecule has 222 valence electrons. The maximum atomic E-state index is 14.7. The Kier molecular flexibility index (Phi) is 5.91. The molecule has 0 amide bonds. The van der Waals surface area contributed by atoms with Crippen LogP contribution in [0, 0.1) is 0 Å². The average molecular weight is 610 g/mol. The summed E-state index contributed by atoms with van der Waals surface area (Å²) in [5.41, 5.74) is 3.59. The Labute approximate surface area is 266 Å². The van der Waals surface area contributed by atoms with Gasteiger partial charge in [0.05, 0.1) is 22.1 Å². The summed E-state index contributed by atoms with van der Waals surface area (Å²) in [6.07, 6.45) is 0. The molecule has 0 saturated carbocycles. The van der Waals surface area contributed by atoms with E-state index >= 15 is 0 Å². The average Bonchev–Trinajstić information content (AvgIpc) is 3.47. The molecule has 9 aromatic rings. The Morgan fingerprint density at radius 1 is 0.468 bits per heavy atom. The molecule has 0 aliphatic heterocycles. The lowest BCUT2D eigenvalue weighted by Gasteiger charge is -2.15. The Bertz CT molecular complexity index is 2710. The number of benzene rings is 5. The van der Waals surface area contributed by atoms with E-state index in [1.165, 1.54) is 4.40 Å². The second-order valence-corrected chi connectivity index (χ2v) is 11.1. The first-order valence-corrected chi connectivity index (χ1v) is 15.1. The summed E-state index contributed by atoms with van der Waals surface area (Å²) in [5.74, 6) is 1.24. The van der Waals surface area contributed by atoms with E-state index in [0.717, 1.165) is 16.5 Å². The van der Waals surface area contributed by atoms with Gasteiger partial charge < -0.3 is 0 Å². The molecule has 0 bridgehead atoms. The Balaban J connectivity index is 1.52. The third-order valence-corrected chi connectivity index (χ3v) is 8.33. The van der Waals surface area contributed by atoms with Crippen LogP contribution < -0.4 is 11.1 Å². The van der Waals surface area contributed by atoms with Crippen LogP contribution in [0.2, 0.25) is 0 Å². The van der Waals surface area contributed by atoms with Gasteiger partial charge >= 0.3 is 5.56 Å². The minimum absolute atomic E-state index is 0.0264. The molecule has 4 heterocycles. The molecule has 9 nitrogen and oxygen atoms in total. The molecule has 0 fully saturated rings. The van der Waals surface area contributed by atoms with Gasteiger partial charge in [0.1, 0.15) is 5.52 Å². The Morgan fingerprint density at radius 2 is 1.02 bits per heavy atom. The first-order valence-electron chi connectivity index (χ1n) is 15.1. The molecule has 0 unspecified atom stereocenters. The van der Waals surface area contributed by atoms with Crippen molar-refractivity contribution in [3.63, 3.8) is 0 Å². The molecule has 0 saturated heterocycles. The number of aromatic nitrogens is 7. The van der Waals surface area contributed by atoms with Crippen LogP contribution >= 0.6 is 0 Å². The van der Waals surface area contributed by atoms with E-state index in [2.05, 4.69) is 0 Å². The highest BCUT2D eigenvalue weighted by atomic mass is 16.1. The van der Waals surface area contributed by atoms with Gasteiger partial charge in [-0.2, -0.15) is 9.97 Å². The first kappa shape index (κ1) is 26.6. The summed E-state index contributed by atoms with van der Waals surface area (Å²) >= 11 is 0. The largest absolute Gasteiger partial charge is 0.300 e. The second kappa shape index (κ2) is 10.4. The summed E-state index contributed by atoms with van der Waals surface area (Å²) in [5, 5.41) is 1.15. The Morgan fingerprint density at radius 3 is 1.68 bits per heavy atom. The molecule has 5 aromatic carbocycles. The summed E-state index contributed by atoms with van der Waals surface area (Å²) in [4.78, 5) is 48.6. The van der Waals surface area contributed by atoms with Crippen LogP contribution in [0.25, 0.3) is 73.0 Å². The molecule has 0 aliphatic rings. The fourth-order valence-corrected chi connectivity index (χ4v) is 6.23. The minimum Gasteiger partial charge on any atom is -0.268 e. The van der Waals surface area contributed by atoms with E-state index in [0.29, 0.717) is 50.9 Å². The molecule has 9 heteroatoms. The number of hydrogen-bond donors (Lipinski definition) is 0. The molecular weight excluding hydrogens is 586 g/mol. The molecule has 0 N–H and O–H groups in total. The van der Waals surface area contributed by atoms with Crippen molar-refractivity contribution in [1.82, 2.24) is 33.5 Å². The van der Waals surface area contributed by atoms with Crippen LogP contribution in [0.1, 0.15) is 0 Å². The normalized spacial score (nSPS) is 11.6. The quantitative estimate of drug-likeness (QED) is 0.208. The predicted molar refractivity (Wildman–Crippen MR) is 183 cm³/mol. The minimum atomic E-state index is -0.448. The molecular formula is C38H23N7O2. The number of fused-ring (bicyclic) bond motifs is 6. The summed E-state index contributed by atoms with van der Waals surface area (Å²) in [6.45, 7) is 0. The van der Waals surface area contributed by atoms with Crippen molar-refractivity contribution in [1.29, 1.82) is 0 Å². The van der Waals surface area contributed by atoms with Gasteiger partial charge in [-0.1, -0.05) is 109 Å².